The molecule has 2 aromatic rings. The number of hydrazone groups is 1. The van der Waals surface area contributed by atoms with Gasteiger partial charge >= 0.3 is 0 Å². The lowest BCUT2D eigenvalue weighted by Gasteiger charge is -2.06. The van der Waals surface area contributed by atoms with Gasteiger partial charge in [0.25, 0.3) is 5.91 Å². The number of benzene rings is 2. The molecular formula is C16H17N3O3. The minimum absolute atomic E-state index is 0.0877. The maximum Gasteiger partial charge on any atom is 0.259 e. The molecule has 2 rings (SSSR count). The van der Waals surface area contributed by atoms with Gasteiger partial charge in [0, 0.05) is 11.3 Å². The number of carbonyl (C=O) groups is 1. The number of methoxy groups -OCH3 is 1. The van der Waals surface area contributed by atoms with Gasteiger partial charge in [0.05, 0.1) is 19.9 Å². The van der Waals surface area contributed by atoms with Crippen LogP contribution in [0.4, 0.5) is 5.69 Å². The smallest absolute Gasteiger partial charge is 0.259 e. The monoisotopic (exact) mass is 299 g/mol. The molecule has 0 heterocycles. The summed E-state index contributed by atoms with van der Waals surface area (Å²) in [5.41, 5.74) is 3.72. The highest BCUT2D eigenvalue weighted by molar-refractivity contribution is 5.86. The highest BCUT2D eigenvalue weighted by Gasteiger charge is 2.00. The summed E-state index contributed by atoms with van der Waals surface area (Å²) in [6.07, 6.45) is 1.39. The van der Waals surface area contributed by atoms with E-state index in [0.717, 1.165) is 11.4 Å². The normalized spacial score (nSPS) is 10.4. The molecule has 0 fully saturated rings. The van der Waals surface area contributed by atoms with Crippen molar-refractivity contribution < 1.29 is 14.6 Å². The van der Waals surface area contributed by atoms with Crippen LogP contribution in [0.2, 0.25) is 0 Å². The van der Waals surface area contributed by atoms with E-state index < -0.39 is 0 Å². The van der Waals surface area contributed by atoms with Crippen molar-refractivity contribution in [3.05, 3.63) is 54.1 Å². The molecule has 3 N–H and O–H groups in total. The van der Waals surface area contributed by atoms with Crippen molar-refractivity contribution in [3.8, 4) is 11.5 Å². The maximum atomic E-state index is 11.6. The van der Waals surface area contributed by atoms with Crippen LogP contribution >= 0.6 is 0 Å². The molecule has 0 saturated carbocycles. The van der Waals surface area contributed by atoms with E-state index in [1.54, 1.807) is 43.5 Å². The standard InChI is InChI=1S/C16H17N3O3/c1-22-14-8-6-13(7-9-14)17-11-16(21)19-18-10-12-4-2-3-5-15(12)20/h2-10,17,20H,11H2,1H3,(H,19,21). The Kier molecular flexibility index (Phi) is 5.37. The van der Waals surface area contributed by atoms with Gasteiger partial charge in [-0.05, 0) is 36.4 Å². The Morgan fingerprint density at radius 2 is 1.95 bits per heavy atom. The van der Waals surface area contributed by atoms with Crippen LogP contribution in [0.3, 0.4) is 0 Å². The average molecular weight is 299 g/mol. The summed E-state index contributed by atoms with van der Waals surface area (Å²) in [4.78, 5) is 11.6. The molecule has 0 aliphatic carbocycles. The molecule has 0 unspecified atom stereocenters. The summed E-state index contributed by atoms with van der Waals surface area (Å²) in [5.74, 6) is 0.571. The van der Waals surface area contributed by atoms with Crippen molar-refractivity contribution >= 4 is 17.8 Å². The topological polar surface area (TPSA) is 83.0 Å². The lowest BCUT2D eigenvalue weighted by molar-refractivity contribution is -0.119. The van der Waals surface area contributed by atoms with Crippen LogP contribution in [0, 0.1) is 0 Å². The maximum absolute atomic E-state index is 11.6. The molecule has 6 nitrogen and oxygen atoms in total. The first-order valence-corrected chi connectivity index (χ1v) is 6.67. The Morgan fingerprint density at radius 1 is 1.23 bits per heavy atom. The van der Waals surface area contributed by atoms with Crippen LogP contribution in [-0.4, -0.2) is 30.9 Å². The molecule has 2 aromatic carbocycles. The Balaban J connectivity index is 1.79. The zero-order valence-electron chi connectivity index (χ0n) is 12.1. The van der Waals surface area contributed by atoms with E-state index >= 15 is 0 Å². The average Bonchev–Trinajstić information content (AvgIpc) is 2.55. The number of rotatable bonds is 6. The largest absolute Gasteiger partial charge is 0.507 e. The predicted molar refractivity (Wildman–Crippen MR) is 85.3 cm³/mol. The molecule has 0 aliphatic heterocycles. The minimum Gasteiger partial charge on any atom is -0.507 e. The first kappa shape index (κ1) is 15.4. The zero-order valence-corrected chi connectivity index (χ0v) is 12.1. The van der Waals surface area contributed by atoms with Crippen LogP contribution in [0.25, 0.3) is 0 Å². The molecule has 22 heavy (non-hydrogen) atoms. The molecule has 6 heteroatoms. The molecule has 0 saturated heterocycles. The molecular weight excluding hydrogens is 282 g/mol. The van der Waals surface area contributed by atoms with Gasteiger partial charge < -0.3 is 15.2 Å². The molecule has 0 aliphatic rings. The van der Waals surface area contributed by atoms with Crippen LogP contribution < -0.4 is 15.5 Å². The SMILES string of the molecule is COc1ccc(NCC(=O)NN=Cc2ccccc2O)cc1. The van der Waals surface area contributed by atoms with Gasteiger partial charge in [-0.25, -0.2) is 5.43 Å². The second-order valence-corrected chi connectivity index (χ2v) is 4.43. The molecule has 0 radical (unpaired) electrons. The van der Waals surface area contributed by atoms with E-state index in [0.29, 0.717) is 5.56 Å². The van der Waals surface area contributed by atoms with Crippen molar-refractivity contribution in [2.45, 2.75) is 0 Å². The van der Waals surface area contributed by atoms with Crippen LogP contribution in [0.1, 0.15) is 5.56 Å². The third kappa shape index (κ3) is 4.52. The van der Waals surface area contributed by atoms with Gasteiger partial charge in [0.1, 0.15) is 11.5 Å². The Labute approximate surface area is 128 Å². The molecule has 0 bridgehead atoms. The van der Waals surface area contributed by atoms with Crippen molar-refractivity contribution in [1.82, 2.24) is 5.43 Å². The number of aromatic hydroxyl groups is 1. The summed E-state index contributed by atoms with van der Waals surface area (Å²) in [6.45, 7) is 0.0877. The van der Waals surface area contributed by atoms with Gasteiger partial charge in [-0.3, -0.25) is 4.79 Å². The van der Waals surface area contributed by atoms with E-state index in [1.165, 1.54) is 6.21 Å². The number of ether oxygens (including phenoxy) is 1. The summed E-state index contributed by atoms with van der Waals surface area (Å²) in [6, 6.07) is 14.0. The molecule has 0 aromatic heterocycles. The molecule has 1 amide bonds. The Hall–Kier alpha value is -3.02. The third-order valence-electron chi connectivity index (χ3n) is 2.87. The van der Waals surface area contributed by atoms with E-state index in [4.69, 9.17) is 4.74 Å². The zero-order chi connectivity index (χ0) is 15.8. The Bertz CT molecular complexity index is 654. The number of hydrogen-bond donors (Lipinski definition) is 3. The number of hydrogen-bond acceptors (Lipinski definition) is 5. The number of nitrogens with zero attached hydrogens (tertiary/aromatic N) is 1. The fourth-order valence-electron chi connectivity index (χ4n) is 1.70. The number of anilines is 1. The summed E-state index contributed by atoms with van der Waals surface area (Å²) < 4.78 is 5.05. The number of amides is 1. The summed E-state index contributed by atoms with van der Waals surface area (Å²) in [5, 5.41) is 16.3. The summed E-state index contributed by atoms with van der Waals surface area (Å²) >= 11 is 0. The predicted octanol–water partition coefficient (Wildman–Crippen LogP) is 1.96. The quantitative estimate of drug-likeness (QED) is 0.562. The lowest BCUT2D eigenvalue weighted by Crippen LogP contribution is -2.25. The van der Waals surface area contributed by atoms with Gasteiger partial charge in [-0.15, -0.1) is 0 Å². The van der Waals surface area contributed by atoms with Crippen LogP contribution in [0.5, 0.6) is 11.5 Å². The number of nitrogens with one attached hydrogen (secondary N) is 2. The van der Waals surface area contributed by atoms with Crippen molar-refractivity contribution in [2.24, 2.45) is 5.10 Å². The molecule has 114 valence electrons. The number of phenols is 1. The second kappa shape index (κ2) is 7.68. The molecule has 0 atom stereocenters. The first-order chi connectivity index (χ1) is 10.7. The van der Waals surface area contributed by atoms with Gasteiger partial charge in [-0.1, -0.05) is 12.1 Å². The Morgan fingerprint density at radius 3 is 2.64 bits per heavy atom. The van der Waals surface area contributed by atoms with E-state index in [-0.39, 0.29) is 18.2 Å². The van der Waals surface area contributed by atoms with Crippen LogP contribution in [0.15, 0.2) is 53.6 Å². The van der Waals surface area contributed by atoms with Crippen molar-refractivity contribution in [2.75, 3.05) is 19.0 Å². The van der Waals surface area contributed by atoms with Gasteiger partial charge in [-0.2, -0.15) is 5.10 Å². The van der Waals surface area contributed by atoms with Crippen LogP contribution in [-0.2, 0) is 4.79 Å². The van der Waals surface area contributed by atoms with Gasteiger partial charge in [0.15, 0.2) is 0 Å². The van der Waals surface area contributed by atoms with Gasteiger partial charge in [0.2, 0.25) is 0 Å². The summed E-state index contributed by atoms with van der Waals surface area (Å²) in [7, 11) is 1.60. The van der Waals surface area contributed by atoms with Crippen molar-refractivity contribution in [3.63, 3.8) is 0 Å². The number of carbonyl (C=O) groups excluding carboxylic acids is 1. The number of para-hydroxylation sites is 1. The van der Waals surface area contributed by atoms with E-state index in [2.05, 4.69) is 15.8 Å². The fraction of sp³-hybridized carbons (Fsp3) is 0.125. The minimum atomic E-state index is -0.289. The second-order valence-electron chi connectivity index (χ2n) is 4.43. The lowest BCUT2D eigenvalue weighted by atomic mass is 10.2. The highest BCUT2D eigenvalue weighted by atomic mass is 16.5. The fourth-order valence-corrected chi connectivity index (χ4v) is 1.70. The first-order valence-electron chi connectivity index (χ1n) is 6.67. The highest BCUT2D eigenvalue weighted by Crippen LogP contribution is 2.14. The number of phenolic OH excluding ortho intramolecular Hbond substituents is 1. The molecule has 0 spiro atoms. The van der Waals surface area contributed by atoms with E-state index in [9.17, 15) is 9.90 Å². The van der Waals surface area contributed by atoms with E-state index in [1.807, 2.05) is 12.1 Å². The van der Waals surface area contributed by atoms with Crippen molar-refractivity contribution in [1.29, 1.82) is 0 Å². The third-order valence-corrected chi connectivity index (χ3v) is 2.87.